The molecule has 1 aromatic rings. The van der Waals surface area contributed by atoms with Crippen molar-refractivity contribution in [3.8, 4) is 0 Å². The number of hydrogen-bond donors (Lipinski definition) is 1. The zero-order valence-corrected chi connectivity index (χ0v) is 11.8. The van der Waals surface area contributed by atoms with Crippen LogP contribution in [0.5, 0.6) is 0 Å². The van der Waals surface area contributed by atoms with Crippen LogP contribution in [-0.2, 0) is 0 Å². The first-order valence-corrected chi connectivity index (χ1v) is 6.57. The average Bonchev–Trinajstić information content (AvgIpc) is 2.80. The van der Waals surface area contributed by atoms with Crippen LogP contribution >= 0.6 is 0 Å². The molecule has 0 bridgehead atoms. The Balaban J connectivity index is 2.50. The maximum absolute atomic E-state index is 11.3. The Kier molecular flexibility index (Phi) is 3.49. The SMILES string of the molecule is Cc1nn(C(C)C)c(N2CC(C)C(N)C2)c1[N+](=O)[O-]. The summed E-state index contributed by atoms with van der Waals surface area (Å²) in [7, 11) is 0. The molecule has 2 atom stereocenters. The van der Waals surface area contributed by atoms with Crippen molar-refractivity contribution < 1.29 is 4.92 Å². The molecule has 0 saturated carbocycles. The smallest absolute Gasteiger partial charge is 0.333 e. The van der Waals surface area contributed by atoms with E-state index < -0.39 is 0 Å². The van der Waals surface area contributed by atoms with Crippen molar-refractivity contribution in [2.24, 2.45) is 11.7 Å². The number of anilines is 1. The van der Waals surface area contributed by atoms with E-state index in [0.717, 1.165) is 6.54 Å². The quantitative estimate of drug-likeness (QED) is 0.661. The molecule has 1 aliphatic heterocycles. The summed E-state index contributed by atoms with van der Waals surface area (Å²) in [4.78, 5) is 12.9. The minimum absolute atomic E-state index is 0.0513. The number of hydrogen-bond acceptors (Lipinski definition) is 5. The molecule has 0 spiro atoms. The molecule has 1 saturated heterocycles. The van der Waals surface area contributed by atoms with Gasteiger partial charge in [-0.25, -0.2) is 4.68 Å². The summed E-state index contributed by atoms with van der Waals surface area (Å²) in [5.41, 5.74) is 6.59. The third-order valence-electron chi connectivity index (χ3n) is 3.67. The zero-order chi connectivity index (χ0) is 14.3. The van der Waals surface area contributed by atoms with E-state index >= 15 is 0 Å². The summed E-state index contributed by atoms with van der Waals surface area (Å²) in [6.45, 7) is 9.07. The Morgan fingerprint density at radius 1 is 1.47 bits per heavy atom. The monoisotopic (exact) mass is 267 g/mol. The molecule has 2 unspecified atom stereocenters. The van der Waals surface area contributed by atoms with Crippen LogP contribution in [0.4, 0.5) is 11.5 Å². The molecule has 0 radical (unpaired) electrons. The van der Waals surface area contributed by atoms with Gasteiger partial charge in [0.05, 0.1) is 4.92 Å². The van der Waals surface area contributed by atoms with Crippen molar-refractivity contribution in [2.75, 3.05) is 18.0 Å². The Bertz CT molecular complexity index is 487. The minimum atomic E-state index is -0.342. The molecule has 2 N–H and O–H groups in total. The molecular weight excluding hydrogens is 246 g/mol. The van der Waals surface area contributed by atoms with E-state index in [-0.39, 0.29) is 22.7 Å². The van der Waals surface area contributed by atoms with E-state index in [4.69, 9.17) is 5.73 Å². The van der Waals surface area contributed by atoms with E-state index in [2.05, 4.69) is 12.0 Å². The molecule has 0 amide bonds. The van der Waals surface area contributed by atoms with Crippen molar-refractivity contribution in [3.05, 3.63) is 15.8 Å². The summed E-state index contributed by atoms with van der Waals surface area (Å²) in [6.07, 6.45) is 0. The number of nitrogens with zero attached hydrogens (tertiary/aromatic N) is 4. The van der Waals surface area contributed by atoms with Gasteiger partial charge in [0.25, 0.3) is 0 Å². The van der Waals surface area contributed by atoms with Gasteiger partial charge in [0, 0.05) is 25.2 Å². The third kappa shape index (κ3) is 2.30. The fraction of sp³-hybridized carbons (Fsp3) is 0.750. The molecule has 7 nitrogen and oxygen atoms in total. The number of rotatable bonds is 3. The third-order valence-corrected chi connectivity index (χ3v) is 3.67. The van der Waals surface area contributed by atoms with Crippen LogP contribution in [0.1, 0.15) is 32.5 Å². The lowest BCUT2D eigenvalue weighted by atomic mass is 10.1. The first-order chi connectivity index (χ1) is 8.82. The van der Waals surface area contributed by atoms with Crippen LogP contribution in [0.25, 0.3) is 0 Å². The van der Waals surface area contributed by atoms with E-state index in [1.165, 1.54) is 0 Å². The van der Waals surface area contributed by atoms with Gasteiger partial charge >= 0.3 is 5.69 Å². The van der Waals surface area contributed by atoms with E-state index in [0.29, 0.717) is 24.0 Å². The van der Waals surface area contributed by atoms with Gasteiger partial charge in [-0.1, -0.05) is 6.92 Å². The molecule has 19 heavy (non-hydrogen) atoms. The Morgan fingerprint density at radius 2 is 2.11 bits per heavy atom. The fourth-order valence-corrected chi connectivity index (χ4v) is 2.56. The summed E-state index contributed by atoms with van der Waals surface area (Å²) in [6, 6.07) is 0.130. The summed E-state index contributed by atoms with van der Waals surface area (Å²) in [5, 5.41) is 15.6. The molecule has 1 aliphatic rings. The Morgan fingerprint density at radius 3 is 2.53 bits per heavy atom. The van der Waals surface area contributed by atoms with Gasteiger partial charge in [0.15, 0.2) is 0 Å². The van der Waals surface area contributed by atoms with Gasteiger partial charge < -0.3 is 10.6 Å². The van der Waals surface area contributed by atoms with Crippen LogP contribution in [0, 0.1) is 23.0 Å². The maximum Gasteiger partial charge on any atom is 0.333 e. The lowest BCUT2D eigenvalue weighted by molar-refractivity contribution is -0.384. The van der Waals surface area contributed by atoms with Crippen molar-refractivity contribution in [3.63, 3.8) is 0 Å². The van der Waals surface area contributed by atoms with Crippen LogP contribution in [-0.4, -0.2) is 33.8 Å². The van der Waals surface area contributed by atoms with E-state index in [9.17, 15) is 10.1 Å². The number of nitro groups is 1. The summed E-state index contributed by atoms with van der Waals surface area (Å²) >= 11 is 0. The normalized spacial score (nSPS) is 23.4. The highest BCUT2D eigenvalue weighted by atomic mass is 16.6. The number of aromatic nitrogens is 2. The van der Waals surface area contributed by atoms with E-state index in [1.807, 2.05) is 18.7 Å². The molecule has 1 aromatic heterocycles. The van der Waals surface area contributed by atoms with Crippen LogP contribution < -0.4 is 10.6 Å². The maximum atomic E-state index is 11.3. The predicted octanol–water partition coefficient (Wildman–Crippen LogP) is 1.46. The standard InChI is InChI=1S/C12H21N5O2/c1-7(2)16-12(11(17(18)19)9(4)14-16)15-5-8(3)10(13)6-15/h7-8,10H,5-6,13H2,1-4H3. The van der Waals surface area contributed by atoms with Crippen LogP contribution in [0.3, 0.4) is 0 Å². The summed E-state index contributed by atoms with van der Waals surface area (Å²) in [5.74, 6) is 0.924. The van der Waals surface area contributed by atoms with Crippen molar-refractivity contribution in [1.29, 1.82) is 0 Å². The second-order valence-electron chi connectivity index (χ2n) is 5.60. The highest BCUT2D eigenvalue weighted by Crippen LogP contribution is 2.36. The van der Waals surface area contributed by atoms with Gasteiger partial charge in [0.2, 0.25) is 5.82 Å². The fourth-order valence-electron chi connectivity index (χ4n) is 2.56. The second-order valence-corrected chi connectivity index (χ2v) is 5.60. The molecule has 106 valence electrons. The number of aryl methyl sites for hydroxylation is 1. The van der Waals surface area contributed by atoms with Crippen molar-refractivity contribution in [1.82, 2.24) is 9.78 Å². The lowest BCUT2D eigenvalue weighted by Gasteiger charge is -2.20. The predicted molar refractivity (Wildman–Crippen MR) is 73.4 cm³/mol. The lowest BCUT2D eigenvalue weighted by Crippen LogP contribution is -2.29. The van der Waals surface area contributed by atoms with Gasteiger partial charge in [0.1, 0.15) is 5.69 Å². The Labute approximate surface area is 112 Å². The average molecular weight is 267 g/mol. The first-order valence-electron chi connectivity index (χ1n) is 6.57. The highest BCUT2D eigenvalue weighted by Gasteiger charge is 2.36. The van der Waals surface area contributed by atoms with Gasteiger partial charge in [-0.15, -0.1) is 0 Å². The summed E-state index contributed by atoms with van der Waals surface area (Å²) < 4.78 is 1.73. The van der Waals surface area contributed by atoms with Gasteiger partial charge in [-0.3, -0.25) is 10.1 Å². The first kappa shape index (κ1) is 13.8. The van der Waals surface area contributed by atoms with E-state index in [1.54, 1.807) is 11.6 Å². The molecule has 0 aromatic carbocycles. The van der Waals surface area contributed by atoms with Gasteiger partial charge in [-0.2, -0.15) is 5.10 Å². The second kappa shape index (κ2) is 4.80. The van der Waals surface area contributed by atoms with Crippen LogP contribution in [0.2, 0.25) is 0 Å². The Hall–Kier alpha value is -1.63. The molecular formula is C12H21N5O2. The zero-order valence-electron chi connectivity index (χ0n) is 11.8. The highest BCUT2D eigenvalue weighted by molar-refractivity contribution is 5.62. The van der Waals surface area contributed by atoms with Crippen molar-refractivity contribution >= 4 is 11.5 Å². The topological polar surface area (TPSA) is 90.2 Å². The molecule has 7 heteroatoms. The van der Waals surface area contributed by atoms with Gasteiger partial charge in [-0.05, 0) is 26.7 Å². The molecule has 1 fully saturated rings. The minimum Gasteiger partial charge on any atom is -0.349 e. The molecule has 0 aliphatic carbocycles. The largest absolute Gasteiger partial charge is 0.349 e. The molecule has 2 rings (SSSR count). The molecule has 2 heterocycles. The number of nitrogens with two attached hydrogens (primary N) is 1. The van der Waals surface area contributed by atoms with Crippen molar-refractivity contribution in [2.45, 2.75) is 39.8 Å². The van der Waals surface area contributed by atoms with Crippen LogP contribution in [0.15, 0.2) is 0 Å².